The van der Waals surface area contributed by atoms with Crippen LogP contribution >= 0.6 is 0 Å². The van der Waals surface area contributed by atoms with Crippen LogP contribution in [0.2, 0.25) is 0 Å². The average Bonchev–Trinajstić information content (AvgIpc) is 2.76. The van der Waals surface area contributed by atoms with Crippen molar-refractivity contribution in [3.05, 3.63) is 22.5 Å². The molecule has 0 amide bonds. The molecular weight excluding hydrogens is 208 g/mol. The number of rotatable bonds is 4. The second-order valence-corrected chi connectivity index (χ2v) is 4.15. The Kier molecular flexibility index (Phi) is 3.51. The van der Waals surface area contributed by atoms with Gasteiger partial charge in [0.05, 0.1) is 4.92 Å². The summed E-state index contributed by atoms with van der Waals surface area (Å²) in [6.07, 6.45) is 7.50. The van der Waals surface area contributed by atoms with Crippen molar-refractivity contribution in [2.75, 3.05) is 6.54 Å². The molecule has 0 spiro atoms. The van der Waals surface area contributed by atoms with Gasteiger partial charge >= 0.3 is 5.69 Å². The van der Waals surface area contributed by atoms with Gasteiger partial charge in [0.15, 0.2) is 0 Å². The van der Waals surface area contributed by atoms with Crippen LogP contribution in [0.5, 0.6) is 0 Å². The van der Waals surface area contributed by atoms with E-state index in [9.17, 15) is 10.1 Å². The van der Waals surface area contributed by atoms with Gasteiger partial charge in [-0.3, -0.25) is 14.8 Å². The number of nitrogens with zero attached hydrogens (tertiary/aromatic N) is 3. The van der Waals surface area contributed by atoms with Crippen LogP contribution in [0.1, 0.15) is 25.7 Å². The van der Waals surface area contributed by atoms with E-state index in [-0.39, 0.29) is 5.69 Å². The molecule has 1 aliphatic heterocycles. The zero-order valence-electron chi connectivity index (χ0n) is 9.13. The largest absolute Gasteiger partial charge is 0.314 e. The van der Waals surface area contributed by atoms with Gasteiger partial charge in [0.25, 0.3) is 0 Å². The number of nitrogens with one attached hydrogen (secondary N) is 1. The van der Waals surface area contributed by atoms with Gasteiger partial charge in [0.1, 0.15) is 12.4 Å². The van der Waals surface area contributed by atoms with Crippen LogP contribution in [0.25, 0.3) is 0 Å². The predicted molar refractivity (Wildman–Crippen MR) is 59.1 cm³/mol. The highest BCUT2D eigenvalue weighted by molar-refractivity contribution is 5.20. The van der Waals surface area contributed by atoms with Gasteiger partial charge in [-0.2, -0.15) is 5.10 Å². The summed E-state index contributed by atoms with van der Waals surface area (Å²) in [5.74, 6) is 0. The van der Waals surface area contributed by atoms with E-state index < -0.39 is 4.92 Å². The molecule has 88 valence electrons. The van der Waals surface area contributed by atoms with E-state index in [2.05, 4.69) is 10.4 Å². The van der Waals surface area contributed by atoms with Gasteiger partial charge in [0, 0.05) is 12.6 Å². The van der Waals surface area contributed by atoms with Crippen LogP contribution in [-0.2, 0) is 6.54 Å². The van der Waals surface area contributed by atoms with Crippen molar-refractivity contribution in [3.8, 4) is 0 Å². The van der Waals surface area contributed by atoms with Crippen molar-refractivity contribution in [1.82, 2.24) is 15.1 Å². The van der Waals surface area contributed by atoms with Crippen molar-refractivity contribution >= 4 is 5.69 Å². The van der Waals surface area contributed by atoms with E-state index in [0.717, 1.165) is 19.5 Å². The fourth-order valence-electron chi connectivity index (χ4n) is 2.03. The van der Waals surface area contributed by atoms with E-state index in [0.29, 0.717) is 6.04 Å². The number of hydrogen-bond acceptors (Lipinski definition) is 4. The topological polar surface area (TPSA) is 73.0 Å². The Morgan fingerprint density at radius 1 is 1.62 bits per heavy atom. The molecule has 2 heterocycles. The van der Waals surface area contributed by atoms with Gasteiger partial charge in [-0.15, -0.1) is 0 Å². The fraction of sp³-hybridized carbons (Fsp3) is 0.700. The molecule has 16 heavy (non-hydrogen) atoms. The molecule has 1 unspecified atom stereocenters. The summed E-state index contributed by atoms with van der Waals surface area (Å²) in [5.41, 5.74) is 0.0663. The minimum absolute atomic E-state index is 0.0663. The van der Waals surface area contributed by atoms with Crippen molar-refractivity contribution in [1.29, 1.82) is 0 Å². The second-order valence-electron chi connectivity index (χ2n) is 4.15. The first kappa shape index (κ1) is 11.1. The van der Waals surface area contributed by atoms with Gasteiger partial charge in [-0.25, -0.2) is 0 Å². The van der Waals surface area contributed by atoms with Crippen molar-refractivity contribution in [3.63, 3.8) is 0 Å². The van der Waals surface area contributed by atoms with E-state index in [4.69, 9.17) is 0 Å². The lowest BCUT2D eigenvalue weighted by molar-refractivity contribution is -0.385. The summed E-state index contributed by atoms with van der Waals surface area (Å²) in [5, 5.41) is 17.9. The van der Waals surface area contributed by atoms with Crippen LogP contribution in [0.3, 0.4) is 0 Å². The van der Waals surface area contributed by atoms with Gasteiger partial charge in [-0.05, 0) is 25.8 Å². The summed E-state index contributed by atoms with van der Waals surface area (Å²) in [4.78, 5) is 10.0. The number of aromatic nitrogens is 2. The Morgan fingerprint density at radius 2 is 2.50 bits per heavy atom. The fourth-order valence-corrected chi connectivity index (χ4v) is 2.03. The number of aryl methyl sites for hydroxylation is 1. The van der Waals surface area contributed by atoms with E-state index in [1.165, 1.54) is 31.7 Å². The molecule has 2 rings (SSSR count). The maximum atomic E-state index is 10.5. The van der Waals surface area contributed by atoms with Crippen molar-refractivity contribution in [2.45, 2.75) is 38.3 Å². The first-order valence-electron chi connectivity index (χ1n) is 5.66. The van der Waals surface area contributed by atoms with Gasteiger partial charge in [0.2, 0.25) is 0 Å². The van der Waals surface area contributed by atoms with E-state index in [1.54, 1.807) is 4.68 Å². The third kappa shape index (κ3) is 2.79. The zero-order valence-corrected chi connectivity index (χ0v) is 9.13. The molecule has 1 saturated heterocycles. The summed E-state index contributed by atoms with van der Waals surface area (Å²) >= 11 is 0. The molecule has 0 aliphatic carbocycles. The van der Waals surface area contributed by atoms with Crippen LogP contribution in [0.4, 0.5) is 5.69 Å². The molecule has 6 heteroatoms. The minimum Gasteiger partial charge on any atom is -0.314 e. The maximum Gasteiger partial charge on any atom is 0.306 e. The summed E-state index contributed by atoms with van der Waals surface area (Å²) in [7, 11) is 0. The van der Waals surface area contributed by atoms with Crippen LogP contribution in [0, 0.1) is 10.1 Å². The quantitative estimate of drug-likeness (QED) is 0.618. The highest BCUT2D eigenvalue weighted by Gasteiger charge is 2.13. The second kappa shape index (κ2) is 5.07. The Bertz CT molecular complexity index is 357. The van der Waals surface area contributed by atoms with Gasteiger partial charge < -0.3 is 5.32 Å². The molecule has 0 bridgehead atoms. The standard InChI is InChI=1S/C10H16N4O2/c15-14(16)10-7-12-13(8-10)6-4-9-3-1-2-5-11-9/h7-9,11H,1-6H2. The molecule has 6 nitrogen and oxygen atoms in total. The summed E-state index contributed by atoms with van der Waals surface area (Å²) < 4.78 is 1.65. The van der Waals surface area contributed by atoms with Crippen molar-refractivity contribution in [2.24, 2.45) is 0 Å². The van der Waals surface area contributed by atoms with Crippen LogP contribution in [-0.4, -0.2) is 27.3 Å². The molecule has 1 aliphatic rings. The maximum absolute atomic E-state index is 10.5. The molecule has 0 aromatic carbocycles. The monoisotopic (exact) mass is 224 g/mol. The molecular formula is C10H16N4O2. The highest BCUT2D eigenvalue weighted by atomic mass is 16.6. The SMILES string of the molecule is O=[N+]([O-])c1cnn(CCC2CCCCN2)c1. The van der Waals surface area contributed by atoms with E-state index in [1.807, 2.05) is 0 Å². The van der Waals surface area contributed by atoms with Crippen LogP contribution < -0.4 is 5.32 Å². The lowest BCUT2D eigenvalue weighted by atomic mass is 10.0. The Hall–Kier alpha value is -1.43. The lowest BCUT2D eigenvalue weighted by Crippen LogP contribution is -2.34. The highest BCUT2D eigenvalue weighted by Crippen LogP contribution is 2.12. The molecule has 1 aromatic rings. The smallest absolute Gasteiger partial charge is 0.306 e. The molecule has 1 fully saturated rings. The number of nitro groups is 1. The third-order valence-electron chi connectivity index (χ3n) is 2.95. The first-order chi connectivity index (χ1) is 7.75. The number of hydrogen-bond donors (Lipinski definition) is 1. The Morgan fingerprint density at radius 3 is 3.12 bits per heavy atom. The summed E-state index contributed by atoms with van der Waals surface area (Å²) in [6.45, 7) is 1.83. The predicted octanol–water partition coefficient (Wildman–Crippen LogP) is 1.32. The molecule has 0 saturated carbocycles. The van der Waals surface area contributed by atoms with Crippen molar-refractivity contribution < 1.29 is 4.92 Å². The van der Waals surface area contributed by atoms with E-state index >= 15 is 0 Å². The Balaban J connectivity index is 1.81. The minimum atomic E-state index is -0.414. The first-order valence-corrected chi connectivity index (χ1v) is 5.66. The van der Waals surface area contributed by atoms with Gasteiger partial charge in [-0.1, -0.05) is 6.42 Å². The molecule has 1 aromatic heterocycles. The van der Waals surface area contributed by atoms with Crippen LogP contribution in [0.15, 0.2) is 12.4 Å². The number of piperidine rings is 1. The molecule has 0 radical (unpaired) electrons. The molecule has 1 N–H and O–H groups in total. The average molecular weight is 224 g/mol. The summed E-state index contributed by atoms with van der Waals surface area (Å²) in [6, 6.07) is 0.539. The zero-order chi connectivity index (χ0) is 11.4. The Labute approximate surface area is 93.8 Å². The normalized spacial score (nSPS) is 20.9. The molecule has 1 atom stereocenters. The lowest BCUT2D eigenvalue weighted by Gasteiger charge is -2.23. The third-order valence-corrected chi connectivity index (χ3v) is 2.95.